The average molecular weight is 594 g/mol. The van der Waals surface area contributed by atoms with Crippen molar-refractivity contribution >= 4 is 17.5 Å². The van der Waals surface area contributed by atoms with Crippen molar-refractivity contribution in [2.45, 2.75) is 56.9 Å². The number of carbonyl (C=O) groups excluding carboxylic acids is 2. The number of benzene rings is 3. The van der Waals surface area contributed by atoms with Crippen LogP contribution in [0, 0.1) is 0 Å². The zero-order valence-electron chi connectivity index (χ0n) is 24.1. The SMILES string of the molecule is CN(C[C@@H]1C[C@H](c2ccc(CO)cc2)O[C@H](c2ccc(NC(=O)CCCC(=O)NO)cc2)O1)C[C@@H](O)c1cccc(O)c1. The summed E-state index contributed by atoms with van der Waals surface area (Å²) in [5.74, 6) is -0.682. The Kier molecular flexibility index (Phi) is 11.6. The topological polar surface area (TPSA) is 161 Å². The molecule has 0 aliphatic carbocycles. The lowest BCUT2D eigenvalue weighted by molar-refractivity contribution is -0.252. The highest BCUT2D eigenvalue weighted by Gasteiger charge is 2.33. The van der Waals surface area contributed by atoms with Crippen LogP contribution < -0.4 is 10.8 Å². The van der Waals surface area contributed by atoms with Gasteiger partial charge in [0.15, 0.2) is 6.29 Å². The number of aromatic hydroxyl groups is 1. The number of anilines is 1. The summed E-state index contributed by atoms with van der Waals surface area (Å²) in [6, 6.07) is 21.3. The molecule has 1 aliphatic heterocycles. The van der Waals surface area contributed by atoms with Crippen LogP contribution in [0.2, 0.25) is 0 Å². The number of hydrogen-bond donors (Lipinski definition) is 6. The Bertz CT molecular complexity index is 1340. The zero-order valence-corrected chi connectivity index (χ0v) is 24.1. The normalized spacial score (nSPS) is 19.1. The Hall–Kier alpha value is -3.84. The first-order valence-electron chi connectivity index (χ1n) is 14.2. The molecule has 4 atom stereocenters. The molecular weight excluding hydrogens is 554 g/mol. The third-order valence-electron chi connectivity index (χ3n) is 7.27. The maximum atomic E-state index is 12.2. The number of likely N-dealkylation sites (N-methyl/N-ethyl adjacent to an activating group) is 1. The highest BCUT2D eigenvalue weighted by Crippen LogP contribution is 2.38. The highest BCUT2D eigenvalue weighted by molar-refractivity contribution is 5.91. The van der Waals surface area contributed by atoms with Gasteiger partial charge in [0, 0.05) is 43.6 Å². The second kappa shape index (κ2) is 15.6. The number of aliphatic hydroxyl groups excluding tert-OH is 2. The van der Waals surface area contributed by atoms with Crippen molar-refractivity contribution in [3.63, 3.8) is 0 Å². The molecule has 4 rings (SSSR count). The van der Waals surface area contributed by atoms with Crippen molar-refractivity contribution < 1.29 is 39.6 Å². The number of phenols is 1. The van der Waals surface area contributed by atoms with Crippen LogP contribution in [0.4, 0.5) is 5.69 Å². The van der Waals surface area contributed by atoms with E-state index in [0.29, 0.717) is 37.2 Å². The van der Waals surface area contributed by atoms with Crippen molar-refractivity contribution in [2.75, 3.05) is 25.5 Å². The third kappa shape index (κ3) is 9.58. The first-order chi connectivity index (χ1) is 20.7. The maximum absolute atomic E-state index is 12.2. The standard InChI is InChI=1S/C32H39N3O8/c1-35(19-28(38)24-4-2-5-26(37)16-24)18-27-17-29(22-10-8-21(20-36)9-11-22)43-32(42-27)23-12-14-25(15-13-23)33-30(39)6-3-7-31(40)34-41/h2,4-5,8-16,27-29,32,36-38,41H,3,6-7,17-20H2,1H3,(H,33,39)(H,34,40)/t27-,28+,29+,32+/m0/s1. The van der Waals surface area contributed by atoms with E-state index in [1.165, 1.54) is 0 Å². The molecule has 1 heterocycles. The van der Waals surface area contributed by atoms with Crippen molar-refractivity contribution in [3.05, 3.63) is 95.1 Å². The second-order valence-corrected chi connectivity index (χ2v) is 10.7. The van der Waals surface area contributed by atoms with Gasteiger partial charge in [-0.25, -0.2) is 5.48 Å². The zero-order chi connectivity index (χ0) is 30.8. The Balaban J connectivity index is 1.42. The summed E-state index contributed by atoms with van der Waals surface area (Å²) in [6.07, 6.45) is -0.929. The summed E-state index contributed by atoms with van der Waals surface area (Å²) in [5.41, 5.74) is 5.29. The van der Waals surface area contributed by atoms with Gasteiger partial charge < -0.3 is 35.0 Å². The van der Waals surface area contributed by atoms with Crippen LogP contribution in [0.5, 0.6) is 5.75 Å². The van der Waals surface area contributed by atoms with Crippen LogP contribution in [-0.2, 0) is 25.7 Å². The van der Waals surface area contributed by atoms with Crippen LogP contribution in [0.1, 0.15) is 66.4 Å². The Morgan fingerprint density at radius 1 is 0.977 bits per heavy atom. The number of aliphatic hydroxyl groups is 2. The first kappa shape index (κ1) is 32.1. The number of hydrogen-bond acceptors (Lipinski definition) is 9. The number of carbonyl (C=O) groups is 2. The number of nitrogens with zero attached hydrogens (tertiary/aromatic N) is 1. The predicted octanol–water partition coefficient (Wildman–Crippen LogP) is 3.71. The minimum absolute atomic E-state index is 0.0483. The molecule has 2 amide bonds. The van der Waals surface area contributed by atoms with Crippen LogP contribution in [-0.4, -0.2) is 63.5 Å². The quantitative estimate of drug-likeness (QED) is 0.128. The van der Waals surface area contributed by atoms with E-state index in [-0.39, 0.29) is 43.3 Å². The predicted molar refractivity (Wildman–Crippen MR) is 158 cm³/mol. The number of amides is 2. The molecule has 1 aliphatic rings. The summed E-state index contributed by atoms with van der Waals surface area (Å²) in [7, 11) is 1.90. The van der Waals surface area contributed by atoms with Gasteiger partial charge in [0.1, 0.15) is 5.75 Å². The summed E-state index contributed by atoms with van der Waals surface area (Å²) in [4.78, 5) is 25.4. The first-order valence-corrected chi connectivity index (χ1v) is 14.2. The summed E-state index contributed by atoms with van der Waals surface area (Å²) < 4.78 is 12.8. The van der Waals surface area contributed by atoms with E-state index >= 15 is 0 Å². The van der Waals surface area contributed by atoms with Crippen LogP contribution in [0.15, 0.2) is 72.8 Å². The lowest BCUT2D eigenvalue weighted by Gasteiger charge is -2.38. The third-order valence-corrected chi connectivity index (χ3v) is 7.27. The fourth-order valence-electron chi connectivity index (χ4n) is 5.00. The molecule has 3 aromatic rings. The molecule has 0 spiro atoms. The second-order valence-electron chi connectivity index (χ2n) is 10.7. The van der Waals surface area contributed by atoms with Crippen molar-refractivity contribution in [3.8, 4) is 5.75 Å². The molecule has 0 bridgehead atoms. The van der Waals surface area contributed by atoms with Gasteiger partial charge in [-0.1, -0.05) is 48.5 Å². The lowest BCUT2D eigenvalue weighted by Crippen LogP contribution is -2.39. The summed E-state index contributed by atoms with van der Waals surface area (Å²) in [6.45, 7) is 0.806. The van der Waals surface area contributed by atoms with Crippen molar-refractivity contribution in [1.29, 1.82) is 0 Å². The van der Waals surface area contributed by atoms with Crippen LogP contribution in [0.25, 0.3) is 0 Å². The van der Waals surface area contributed by atoms with Crippen LogP contribution >= 0.6 is 0 Å². The smallest absolute Gasteiger partial charge is 0.243 e. The van der Waals surface area contributed by atoms with E-state index in [0.717, 1.165) is 16.7 Å². The van der Waals surface area contributed by atoms with Gasteiger partial charge in [0.25, 0.3) is 0 Å². The van der Waals surface area contributed by atoms with Gasteiger partial charge in [0.2, 0.25) is 11.8 Å². The Morgan fingerprint density at radius 2 is 1.67 bits per heavy atom. The molecule has 11 nitrogen and oxygen atoms in total. The van der Waals surface area contributed by atoms with Crippen LogP contribution in [0.3, 0.4) is 0 Å². The van der Waals surface area contributed by atoms with E-state index in [4.69, 9.17) is 14.7 Å². The molecule has 0 unspecified atom stereocenters. The number of rotatable bonds is 13. The van der Waals surface area contributed by atoms with E-state index in [2.05, 4.69) is 5.32 Å². The van der Waals surface area contributed by atoms with Gasteiger partial charge in [-0.05, 0) is 54.4 Å². The minimum Gasteiger partial charge on any atom is -0.508 e. The van der Waals surface area contributed by atoms with E-state index in [9.17, 15) is 24.9 Å². The molecule has 6 N–H and O–H groups in total. The molecule has 0 aromatic heterocycles. The monoisotopic (exact) mass is 593 g/mol. The van der Waals surface area contributed by atoms with Gasteiger partial charge in [-0.15, -0.1) is 0 Å². The largest absolute Gasteiger partial charge is 0.508 e. The fraction of sp³-hybridized carbons (Fsp3) is 0.375. The Morgan fingerprint density at radius 3 is 2.35 bits per heavy atom. The van der Waals surface area contributed by atoms with Gasteiger partial charge in [0.05, 0.1) is 24.9 Å². The molecule has 230 valence electrons. The molecule has 3 aromatic carbocycles. The minimum atomic E-state index is -0.788. The molecule has 43 heavy (non-hydrogen) atoms. The number of ether oxygens (including phenoxy) is 2. The maximum Gasteiger partial charge on any atom is 0.243 e. The molecular formula is C32H39N3O8. The molecule has 1 saturated heterocycles. The van der Waals surface area contributed by atoms with Crippen molar-refractivity contribution in [1.82, 2.24) is 10.4 Å². The molecule has 11 heteroatoms. The molecule has 0 radical (unpaired) electrons. The Labute approximate surface area is 250 Å². The molecule has 0 saturated carbocycles. The lowest BCUT2D eigenvalue weighted by atomic mass is 9.99. The summed E-state index contributed by atoms with van der Waals surface area (Å²) >= 11 is 0. The number of nitrogens with one attached hydrogen (secondary N) is 2. The van der Waals surface area contributed by atoms with Gasteiger partial charge >= 0.3 is 0 Å². The van der Waals surface area contributed by atoms with E-state index in [1.54, 1.807) is 41.9 Å². The average Bonchev–Trinajstić information content (AvgIpc) is 3.01. The summed E-state index contributed by atoms with van der Waals surface area (Å²) in [5, 5.41) is 41.3. The number of hydroxylamine groups is 1. The molecule has 1 fully saturated rings. The highest BCUT2D eigenvalue weighted by atomic mass is 16.7. The van der Waals surface area contributed by atoms with E-state index in [1.807, 2.05) is 48.3 Å². The van der Waals surface area contributed by atoms with E-state index < -0.39 is 18.3 Å². The van der Waals surface area contributed by atoms with Gasteiger partial charge in [-0.2, -0.15) is 0 Å². The van der Waals surface area contributed by atoms with Crippen molar-refractivity contribution in [2.24, 2.45) is 0 Å². The van der Waals surface area contributed by atoms with Gasteiger partial charge in [-0.3, -0.25) is 14.8 Å². The fourth-order valence-corrected chi connectivity index (χ4v) is 5.00. The number of phenolic OH excluding ortho intramolecular Hbond substituents is 1.